The normalized spacial score (nSPS) is 23.1. The fraction of sp³-hybridized carbons (Fsp3) is 0.684. The molecular weight excluding hydrogens is 316 g/mol. The van der Waals surface area contributed by atoms with Crippen LogP contribution in [0.3, 0.4) is 0 Å². The van der Waals surface area contributed by atoms with E-state index >= 15 is 0 Å². The Hall–Kier alpha value is -1.66. The third kappa shape index (κ3) is 4.92. The molecule has 1 aromatic heterocycles. The zero-order valence-electron chi connectivity index (χ0n) is 15.6. The van der Waals surface area contributed by atoms with Crippen molar-refractivity contribution in [2.75, 3.05) is 33.2 Å². The van der Waals surface area contributed by atoms with Crippen LogP contribution in [0.2, 0.25) is 0 Å². The Bertz CT molecular complexity index is 567. The summed E-state index contributed by atoms with van der Waals surface area (Å²) in [7, 11) is 2.19. The summed E-state index contributed by atoms with van der Waals surface area (Å²) >= 11 is 0. The predicted molar refractivity (Wildman–Crippen MR) is 98.0 cm³/mol. The number of amides is 1. The molecule has 0 spiro atoms. The number of carbonyl (C=O) groups is 1. The average Bonchev–Trinajstić information content (AvgIpc) is 3.04. The Labute approximate surface area is 150 Å². The van der Waals surface area contributed by atoms with Gasteiger partial charge in [0.2, 0.25) is 5.88 Å². The average molecular weight is 346 g/mol. The van der Waals surface area contributed by atoms with Gasteiger partial charge in [-0.1, -0.05) is 0 Å². The number of aromatic nitrogens is 1. The zero-order valence-corrected chi connectivity index (χ0v) is 15.6. The summed E-state index contributed by atoms with van der Waals surface area (Å²) in [5, 5.41) is 3.16. The smallest absolute Gasteiger partial charge is 0.253 e. The van der Waals surface area contributed by atoms with Crippen LogP contribution >= 0.6 is 0 Å². The van der Waals surface area contributed by atoms with Gasteiger partial charge in [-0.25, -0.2) is 4.98 Å². The van der Waals surface area contributed by atoms with E-state index in [4.69, 9.17) is 4.74 Å². The van der Waals surface area contributed by atoms with E-state index in [9.17, 15) is 4.79 Å². The molecule has 6 nitrogen and oxygen atoms in total. The summed E-state index contributed by atoms with van der Waals surface area (Å²) in [5.74, 6) is 0.514. The third-order valence-electron chi connectivity index (χ3n) is 5.11. The first-order valence-electron chi connectivity index (χ1n) is 9.37. The van der Waals surface area contributed by atoms with Crippen LogP contribution in [-0.4, -0.2) is 72.1 Å². The summed E-state index contributed by atoms with van der Waals surface area (Å²) in [6.45, 7) is 8.31. The third-order valence-corrected chi connectivity index (χ3v) is 5.11. The van der Waals surface area contributed by atoms with E-state index in [1.807, 2.05) is 13.8 Å². The lowest BCUT2D eigenvalue weighted by molar-refractivity contribution is 0.0931. The largest absolute Gasteiger partial charge is 0.475 e. The Balaban J connectivity index is 1.48. The van der Waals surface area contributed by atoms with E-state index in [2.05, 4.69) is 27.1 Å². The maximum atomic E-state index is 12.4. The zero-order chi connectivity index (χ0) is 17.8. The number of pyridine rings is 1. The summed E-state index contributed by atoms with van der Waals surface area (Å²) in [5.41, 5.74) is 0.592. The number of nitrogens with one attached hydrogen (secondary N) is 1. The SMILES string of the molecule is CC(C)Oc1ccc(C(=O)N[C@H]2CCN(C3CCN(C)CC3)C2)cn1. The molecule has 2 fully saturated rings. The lowest BCUT2D eigenvalue weighted by atomic mass is 10.0. The van der Waals surface area contributed by atoms with Gasteiger partial charge in [-0.3, -0.25) is 9.69 Å². The molecule has 0 bridgehead atoms. The monoisotopic (exact) mass is 346 g/mol. The van der Waals surface area contributed by atoms with E-state index < -0.39 is 0 Å². The number of carbonyl (C=O) groups excluding carboxylic acids is 1. The van der Waals surface area contributed by atoms with Crippen LogP contribution in [0.4, 0.5) is 0 Å². The van der Waals surface area contributed by atoms with Gasteiger partial charge in [0.05, 0.1) is 11.7 Å². The highest BCUT2D eigenvalue weighted by Crippen LogP contribution is 2.21. The van der Waals surface area contributed by atoms with Crippen molar-refractivity contribution in [3.05, 3.63) is 23.9 Å². The van der Waals surface area contributed by atoms with E-state index in [-0.39, 0.29) is 18.1 Å². The van der Waals surface area contributed by atoms with Gasteiger partial charge in [0.15, 0.2) is 0 Å². The molecule has 25 heavy (non-hydrogen) atoms. The first-order valence-corrected chi connectivity index (χ1v) is 9.37. The van der Waals surface area contributed by atoms with Gasteiger partial charge < -0.3 is 15.0 Å². The highest BCUT2D eigenvalue weighted by Gasteiger charge is 2.30. The second-order valence-electron chi connectivity index (χ2n) is 7.54. The molecule has 0 saturated carbocycles. The maximum absolute atomic E-state index is 12.4. The molecule has 1 N–H and O–H groups in total. The van der Waals surface area contributed by atoms with Gasteiger partial charge in [-0.05, 0) is 59.3 Å². The topological polar surface area (TPSA) is 57.7 Å². The number of hydrogen-bond acceptors (Lipinski definition) is 5. The summed E-state index contributed by atoms with van der Waals surface area (Å²) < 4.78 is 5.52. The standard InChI is InChI=1S/C19H30N4O2/c1-14(2)25-18-5-4-15(12-20-18)19(24)21-16-6-11-23(13-16)17-7-9-22(3)10-8-17/h4-5,12,14,16-17H,6-11,13H2,1-3H3,(H,21,24)/t16-/m0/s1. The highest BCUT2D eigenvalue weighted by molar-refractivity contribution is 5.94. The lowest BCUT2D eigenvalue weighted by Gasteiger charge is -2.35. The van der Waals surface area contributed by atoms with Gasteiger partial charge in [-0.15, -0.1) is 0 Å². The van der Waals surface area contributed by atoms with Crippen molar-refractivity contribution in [1.82, 2.24) is 20.1 Å². The minimum absolute atomic E-state index is 0.0428. The van der Waals surface area contributed by atoms with Gasteiger partial charge in [0.1, 0.15) is 0 Å². The first kappa shape index (κ1) is 18.1. The second kappa shape index (κ2) is 8.15. The molecule has 3 heterocycles. The molecule has 1 atom stereocenters. The van der Waals surface area contributed by atoms with Gasteiger partial charge >= 0.3 is 0 Å². The van der Waals surface area contributed by atoms with Crippen molar-refractivity contribution in [2.24, 2.45) is 0 Å². The van der Waals surface area contributed by atoms with Crippen LogP contribution in [0.25, 0.3) is 0 Å². The molecule has 1 aromatic rings. The number of rotatable bonds is 5. The van der Waals surface area contributed by atoms with Crippen molar-refractivity contribution in [1.29, 1.82) is 0 Å². The molecule has 1 amide bonds. The predicted octanol–water partition coefficient (Wildman–Crippen LogP) is 1.77. The van der Waals surface area contributed by atoms with Gasteiger partial charge in [-0.2, -0.15) is 0 Å². The van der Waals surface area contributed by atoms with Crippen molar-refractivity contribution in [3.8, 4) is 5.88 Å². The number of hydrogen-bond donors (Lipinski definition) is 1. The van der Waals surface area contributed by atoms with Crippen molar-refractivity contribution in [2.45, 2.75) is 51.3 Å². The minimum atomic E-state index is -0.0428. The molecule has 3 rings (SSSR count). The molecule has 0 aliphatic carbocycles. The number of likely N-dealkylation sites (tertiary alicyclic amines) is 2. The summed E-state index contributed by atoms with van der Waals surface area (Å²) in [6, 6.07) is 4.45. The minimum Gasteiger partial charge on any atom is -0.475 e. The molecule has 2 aliphatic rings. The van der Waals surface area contributed by atoms with Crippen LogP contribution < -0.4 is 10.1 Å². The van der Waals surface area contributed by atoms with E-state index in [1.54, 1.807) is 18.3 Å². The molecule has 2 aliphatic heterocycles. The Morgan fingerprint density at radius 1 is 1.24 bits per heavy atom. The number of ether oxygens (including phenoxy) is 1. The van der Waals surface area contributed by atoms with Crippen molar-refractivity contribution < 1.29 is 9.53 Å². The number of piperidine rings is 1. The van der Waals surface area contributed by atoms with Crippen molar-refractivity contribution >= 4 is 5.91 Å². The van der Waals surface area contributed by atoms with Gasteiger partial charge in [0, 0.05) is 37.4 Å². The molecular formula is C19H30N4O2. The fourth-order valence-electron chi connectivity index (χ4n) is 3.69. The summed E-state index contributed by atoms with van der Waals surface area (Å²) in [6.07, 6.45) is 5.17. The Morgan fingerprint density at radius 2 is 2.00 bits per heavy atom. The quantitative estimate of drug-likeness (QED) is 0.880. The first-order chi connectivity index (χ1) is 12.0. The Morgan fingerprint density at radius 3 is 2.64 bits per heavy atom. The lowest BCUT2D eigenvalue weighted by Crippen LogP contribution is -2.44. The molecule has 2 saturated heterocycles. The number of nitrogens with zero attached hydrogens (tertiary/aromatic N) is 3. The second-order valence-corrected chi connectivity index (χ2v) is 7.54. The van der Waals surface area contributed by atoms with Crippen molar-refractivity contribution in [3.63, 3.8) is 0 Å². The fourth-order valence-corrected chi connectivity index (χ4v) is 3.69. The van der Waals surface area contributed by atoms with E-state index in [1.165, 1.54) is 25.9 Å². The van der Waals surface area contributed by atoms with Crippen LogP contribution in [-0.2, 0) is 0 Å². The van der Waals surface area contributed by atoms with Crippen LogP contribution in [0, 0.1) is 0 Å². The van der Waals surface area contributed by atoms with E-state index in [0.29, 0.717) is 17.5 Å². The van der Waals surface area contributed by atoms with Crippen LogP contribution in [0.15, 0.2) is 18.3 Å². The molecule has 0 radical (unpaired) electrons. The Kier molecular flexibility index (Phi) is 5.91. The van der Waals surface area contributed by atoms with Crippen LogP contribution in [0.1, 0.15) is 43.5 Å². The van der Waals surface area contributed by atoms with E-state index in [0.717, 1.165) is 19.5 Å². The molecule has 6 heteroatoms. The summed E-state index contributed by atoms with van der Waals surface area (Å²) in [4.78, 5) is 21.6. The molecule has 0 unspecified atom stereocenters. The molecule has 0 aromatic carbocycles. The highest BCUT2D eigenvalue weighted by atomic mass is 16.5. The molecule has 138 valence electrons. The van der Waals surface area contributed by atoms with Gasteiger partial charge in [0.25, 0.3) is 5.91 Å². The maximum Gasteiger partial charge on any atom is 0.253 e. The van der Waals surface area contributed by atoms with Crippen LogP contribution in [0.5, 0.6) is 5.88 Å².